The molecule has 0 bridgehead atoms. The van der Waals surface area contributed by atoms with Gasteiger partial charge in [0.25, 0.3) is 10.0 Å². The first-order valence-electron chi connectivity index (χ1n) is 8.83. The first kappa shape index (κ1) is 18.4. The molecule has 2 unspecified atom stereocenters. The third kappa shape index (κ3) is 2.92. The van der Waals surface area contributed by atoms with Crippen LogP contribution in [0, 0.1) is 5.82 Å². The number of nitrogens with zero attached hydrogens (tertiary/aromatic N) is 1. The zero-order valence-electron chi connectivity index (χ0n) is 15.0. The average Bonchev–Trinajstić information content (AvgIpc) is 2.92. The molecule has 7 heteroatoms. The quantitative estimate of drug-likeness (QED) is 0.716. The zero-order chi connectivity index (χ0) is 20.1. The van der Waals surface area contributed by atoms with Gasteiger partial charge in [-0.05, 0) is 53.6 Å². The molecular formula is C21H18FNO4S. The monoisotopic (exact) mass is 399 g/mol. The van der Waals surface area contributed by atoms with Crippen molar-refractivity contribution in [3.63, 3.8) is 0 Å². The summed E-state index contributed by atoms with van der Waals surface area (Å²) in [5.74, 6) is -2.21. The Labute approximate surface area is 162 Å². The molecule has 1 aliphatic rings. The maximum absolute atomic E-state index is 13.8. The number of sulfonamides is 1. The van der Waals surface area contributed by atoms with Crippen LogP contribution in [0.1, 0.15) is 24.8 Å². The summed E-state index contributed by atoms with van der Waals surface area (Å²) in [4.78, 5) is 11.4. The van der Waals surface area contributed by atoms with Gasteiger partial charge in [0.1, 0.15) is 5.82 Å². The van der Waals surface area contributed by atoms with Crippen molar-refractivity contribution in [2.75, 3.05) is 4.31 Å². The second-order valence-corrected chi connectivity index (χ2v) is 8.77. The number of rotatable bonds is 4. The first-order chi connectivity index (χ1) is 13.3. The molecule has 0 aromatic heterocycles. The molecule has 0 aliphatic carbocycles. The third-order valence-electron chi connectivity index (χ3n) is 5.25. The van der Waals surface area contributed by atoms with Gasteiger partial charge in [0.05, 0.1) is 23.0 Å². The number of hydrogen-bond donors (Lipinski definition) is 1. The van der Waals surface area contributed by atoms with Crippen LogP contribution in [-0.2, 0) is 14.8 Å². The molecule has 0 saturated heterocycles. The van der Waals surface area contributed by atoms with Crippen molar-refractivity contribution >= 4 is 32.5 Å². The smallest absolute Gasteiger partial charge is 0.304 e. The number of fused-ring (bicyclic) bond motifs is 2. The fraction of sp³-hybridized carbons (Fsp3) is 0.190. The SMILES string of the molecule is CC1C(CC(=O)O)c2cc(F)ccc2N1S(=O)(=O)c1ccc2ccccc2c1. The Morgan fingerprint density at radius 1 is 1.07 bits per heavy atom. The highest BCUT2D eigenvalue weighted by molar-refractivity contribution is 7.93. The summed E-state index contributed by atoms with van der Waals surface area (Å²) in [6.07, 6.45) is -0.276. The molecule has 0 fully saturated rings. The van der Waals surface area contributed by atoms with Crippen LogP contribution in [0.4, 0.5) is 10.1 Å². The second-order valence-electron chi connectivity index (χ2n) is 6.96. The van der Waals surface area contributed by atoms with E-state index in [1.807, 2.05) is 24.3 Å². The van der Waals surface area contributed by atoms with Crippen LogP contribution in [0.5, 0.6) is 0 Å². The van der Waals surface area contributed by atoms with Crippen molar-refractivity contribution in [1.82, 2.24) is 0 Å². The lowest BCUT2D eigenvalue weighted by molar-refractivity contribution is -0.137. The Bertz CT molecular complexity index is 1190. The molecule has 1 heterocycles. The van der Waals surface area contributed by atoms with E-state index in [0.717, 1.165) is 10.8 Å². The van der Waals surface area contributed by atoms with Crippen molar-refractivity contribution in [2.24, 2.45) is 0 Å². The lowest BCUT2D eigenvalue weighted by atomic mass is 9.93. The standard InChI is InChI=1S/C21H18FNO4S/c1-13-18(12-21(24)25)19-11-16(22)7-9-20(19)23(13)28(26,27)17-8-6-14-4-2-3-5-15(14)10-17/h2-11,13,18H,12H2,1H3,(H,24,25). The van der Waals surface area contributed by atoms with E-state index in [1.54, 1.807) is 19.1 Å². The molecule has 3 aromatic carbocycles. The van der Waals surface area contributed by atoms with Gasteiger partial charge in [0.2, 0.25) is 0 Å². The lowest BCUT2D eigenvalue weighted by Crippen LogP contribution is -2.37. The Balaban J connectivity index is 1.85. The zero-order valence-corrected chi connectivity index (χ0v) is 15.9. The fourth-order valence-electron chi connectivity index (χ4n) is 3.92. The molecule has 144 valence electrons. The summed E-state index contributed by atoms with van der Waals surface area (Å²) < 4.78 is 41.9. The number of hydrogen-bond acceptors (Lipinski definition) is 3. The highest BCUT2D eigenvalue weighted by atomic mass is 32.2. The van der Waals surface area contributed by atoms with Crippen molar-refractivity contribution in [3.8, 4) is 0 Å². The Hall–Kier alpha value is -2.93. The second kappa shape index (κ2) is 6.60. The van der Waals surface area contributed by atoms with E-state index in [4.69, 9.17) is 0 Å². The molecule has 0 spiro atoms. The predicted molar refractivity (Wildman–Crippen MR) is 104 cm³/mol. The summed E-state index contributed by atoms with van der Waals surface area (Å²) >= 11 is 0. The van der Waals surface area contributed by atoms with E-state index in [1.165, 1.54) is 28.6 Å². The van der Waals surface area contributed by atoms with Crippen LogP contribution in [0.2, 0.25) is 0 Å². The molecule has 0 amide bonds. The van der Waals surface area contributed by atoms with Crippen molar-refractivity contribution in [2.45, 2.75) is 30.2 Å². The number of halogens is 1. The molecule has 4 rings (SSSR count). The summed E-state index contributed by atoms with van der Waals surface area (Å²) in [6, 6.07) is 15.5. The van der Waals surface area contributed by atoms with Gasteiger partial charge in [0.15, 0.2) is 0 Å². The number of benzene rings is 3. The largest absolute Gasteiger partial charge is 0.481 e. The topological polar surface area (TPSA) is 74.7 Å². The van der Waals surface area contributed by atoms with E-state index < -0.39 is 33.8 Å². The number of anilines is 1. The summed E-state index contributed by atoms with van der Waals surface area (Å²) in [5, 5.41) is 11.0. The van der Waals surface area contributed by atoms with Gasteiger partial charge in [-0.2, -0.15) is 0 Å². The van der Waals surface area contributed by atoms with Crippen LogP contribution in [0.3, 0.4) is 0 Å². The molecule has 5 nitrogen and oxygen atoms in total. The van der Waals surface area contributed by atoms with Gasteiger partial charge in [-0.15, -0.1) is 0 Å². The lowest BCUT2D eigenvalue weighted by Gasteiger charge is -2.26. The number of carboxylic acids is 1. The molecule has 0 saturated carbocycles. The number of carbonyl (C=O) groups is 1. The molecule has 1 aliphatic heterocycles. The maximum atomic E-state index is 13.8. The van der Waals surface area contributed by atoms with Gasteiger partial charge in [-0.1, -0.05) is 30.3 Å². The minimum Gasteiger partial charge on any atom is -0.481 e. The predicted octanol–water partition coefficient (Wildman–Crippen LogP) is 4.13. The Morgan fingerprint density at radius 2 is 1.79 bits per heavy atom. The van der Waals surface area contributed by atoms with Crippen LogP contribution >= 0.6 is 0 Å². The van der Waals surface area contributed by atoms with Gasteiger partial charge in [-0.3, -0.25) is 9.10 Å². The highest BCUT2D eigenvalue weighted by Gasteiger charge is 2.43. The third-order valence-corrected chi connectivity index (χ3v) is 7.15. The molecule has 3 aromatic rings. The maximum Gasteiger partial charge on any atom is 0.304 e. The fourth-order valence-corrected chi connectivity index (χ4v) is 5.68. The van der Waals surface area contributed by atoms with Crippen molar-refractivity contribution in [1.29, 1.82) is 0 Å². The van der Waals surface area contributed by atoms with E-state index in [-0.39, 0.29) is 11.3 Å². The normalized spacial score (nSPS) is 19.0. The number of carboxylic acid groups (broad SMARTS) is 1. The summed E-state index contributed by atoms with van der Waals surface area (Å²) in [5.41, 5.74) is 0.729. The first-order valence-corrected chi connectivity index (χ1v) is 10.3. The van der Waals surface area contributed by atoms with Crippen LogP contribution < -0.4 is 4.31 Å². The minimum absolute atomic E-state index is 0.115. The van der Waals surface area contributed by atoms with Crippen LogP contribution in [0.15, 0.2) is 65.6 Å². The summed E-state index contributed by atoms with van der Waals surface area (Å²) in [7, 11) is -3.96. The van der Waals surface area contributed by atoms with Crippen LogP contribution in [-0.4, -0.2) is 25.5 Å². The van der Waals surface area contributed by atoms with E-state index in [0.29, 0.717) is 11.3 Å². The van der Waals surface area contributed by atoms with Gasteiger partial charge < -0.3 is 5.11 Å². The Morgan fingerprint density at radius 3 is 2.50 bits per heavy atom. The molecule has 0 radical (unpaired) electrons. The van der Waals surface area contributed by atoms with Crippen molar-refractivity contribution in [3.05, 3.63) is 72.0 Å². The molecule has 2 atom stereocenters. The van der Waals surface area contributed by atoms with Crippen LogP contribution in [0.25, 0.3) is 10.8 Å². The van der Waals surface area contributed by atoms with Crippen molar-refractivity contribution < 1.29 is 22.7 Å². The van der Waals surface area contributed by atoms with E-state index >= 15 is 0 Å². The van der Waals surface area contributed by atoms with Gasteiger partial charge >= 0.3 is 5.97 Å². The Kier molecular flexibility index (Phi) is 4.34. The molecular weight excluding hydrogens is 381 g/mol. The molecule has 1 N–H and O–H groups in total. The van der Waals surface area contributed by atoms with E-state index in [2.05, 4.69) is 0 Å². The highest BCUT2D eigenvalue weighted by Crippen LogP contribution is 2.45. The average molecular weight is 399 g/mol. The molecule has 28 heavy (non-hydrogen) atoms. The van der Waals surface area contributed by atoms with Gasteiger partial charge in [-0.25, -0.2) is 12.8 Å². The van der Waals surface area contributed by atoms with Gasteiger partial charge in [0, 0.05) is 5.92 Å². The minimum atomic E-state index is -3.96. The number of aliphatic carboxylic acids is 1. The van der Waals surface area contributed by atoms with E-state index in [9.17, 15) is 22.7 Å². The summed E-state index contributed by atoms with van der Waals surface area (Å²) in [6.45, 7) is 1.66.